The van der Waals surface area contributed by atoms with Crippen LogP contribution in [0.25, 0.3) is 5.52 Å². The zero-order valence-corrected chi connectivity index (χ0v) is 11.0. The molecule has 1 N–H and O–H groups in total. The Morgan fingerprint density at radius 2 is 2.39 bits per heavy atom. The van der Waals surface area contributed by atoms with Crippen LogP contribution in [0.4, 0.5) is 0 Å². The van der Waals surface area contributed by atoms with Crippen LogP contribution in [0.15, 0.2) is 30.6 Å². The minimum absolute atomic E-state index is 0.0855. The van der Waals surface area contributed by atoms with E-state index < -0.39 is 0 Å². The second-order valence-corrected chi connectivity index (χ2v) is 4.76. The molecule has 18 heavy (non-hydrogen) atoms. The lowest BCUT2D eigenvalue weighted by Crippen LogP contribution is -2.28. The van der Waals surface area contributed by atoms with Crippen molar-refractivity contribution in [3.05, 3.63) is 36.2 Å². The second kappa shape index (κ2) is 5.87. The molecule has 0 aliphatic carbocycles. The summed E-state index contributed by atoms with van der Waals surface area (Å²) >= 11 is 5.66. The number of fused-ring (bicyclic) bond motifs is 1. The molecule has 1 amide bonds. The van der Waals surface area contributed by atoms with E-state index in [1.54, 1.807) is 10.7 Å². The van der Waals surface area contributed by atoms with Gasteiger partial charge in [0.15, 0.2) is 0 Å². The maximum Gasteiger partial charge on any atom is 0.255 e. The van der Waals surface area contributed by atoms with Crippen LogP contribution in [0.3, 0.4) is 0 Å². The summed E-state index contributed by atoms with van der Waals surface area (Å²) in [6, 6.07) is 5.65. The Bertz CT molecular complexity index is 538. The Balaban J connectivity index is 2.05. The number of carbonyl (C=O) groups is 1. The highest BCUT2D eigenvalue weighted by Crippen LogP contribution is 2.10. The third-order valence-electron chi connectivity index (χ3n) is 2.88. The fraction of sp³-hybridized carbons (Fsp3) is 0.385. The molecule has 0 aliphatic heterocycles. The van der Waals surface area contributed by atoms with Gasteiger partial charge in [-0.1, -0.05) is 13.0 Å². The van der Waals surface area contributed by atoms with Crippen molar-refractivity contribution in [2.45, 2.75) is 13.3 Å². The Hall–Kier alpha value is -1.55. The minimum Gasteiger partial charge on any atom is -0.352 e. The van der Waals surface area contributed by atoms with Gasteiger partial charge in [0.1, 0.15) is 0 Å². The molecular formula is C13H16ClN3O. The zero-order valence-electron chi connectivity index (χ0n) is 10.3. The molecule has 96 valence electrons. The summed E-state index contributed by atoms with van der Waals surface area (Å²) in [4.78, 5) is 12.0. The topological polar surface area (TPSA) is 46.4 Å². The summed E-state index contributed by atoms with van der Waals surface area (Å²) in [6.45, 7) is 2.70. The first-order valence-electron chi connectivity index (χ1n) is 5.99. The number of nitrogens with zero attached hydrogens (tertiary/aromatic N) is 2. The highest BCUT2D eigenvalue weighted by Gasteiger charge is 2.12. The van der Waals surface area contributed by atoms with Gasteiger partial charge in [-0.2, -0.15) is 5.10 Å². The molecule has 1 atom stereocenters. The molecule has 0 aliphatic rings. The van der Waals surface area contributed by atoms with Gasteiger partial charge in [-0.15, -0.1) is 11.6 Å². The first kappa shape index (κ1) is 12.9. The number of alkyl halides is 1. The number of halogens is 1. The summed E-state index contributed by atoms with van der Waals surface area (Å²) < 4.78 is 1.69. The van der Waals surface area contributed by atoms with Crippen molar-refractivity contribution < 1.29 is 4.79 Å². The second-order valence-electron chi connectivity index (χ2n) is 4.38. The van der Waals surface area contributed by atoms with E-state index >= 15 is 0 Å². The van der Waals surface area contributed by atoms with E-state index in [1.165, 1.54) is 0 Å². The van der Waals surface area contributed by atoms with Crippen LogP contribution >= 0.6 is 11.6 Å². The Morgan fingerprint density at radius 3 is 3.17 bits per heavy atom. The number of hydrogen-bond acceptors (Lipinski definition) is 2. The molecule has 0 radical (unpaired) electrons. The molecular weight excluding hydrogens is 250 g/mol. The maximum absolute atomic E-state index is 12.0. The molecule has 0 fully saturated rings. The molecule has 2 aromatic heterocycles. The van der Waals surface area contributed by atoms with E-state index in [0.29, 0.717) is 23.9 Å². The summed E-state index contributed by atoms with van der Waals surface area (Å²) in [6.07, 6.45) is 4.32. The molecule has 0 saturated carbocycles. The van der Waals surface area contributed by atoms with Gasteiger partial charge in [-0.3, -0.25) is 4.79 Å². The summed E-state index contributed by atoms with van der Waals surface area (Å²) in [5, 5.41) is 7.05. The third-order valence-corrected chi connectivity index (χ3v) is 3.10. The van der Waals surface area contributed by atoms with E-state index in [4.69, 9.17) is 11.6 Å². The lowest BCUT2D eigenvalue weighted by Gasteiger charge is -2.10. The van der Waals surface area contributed by atoms with Crippen molar-refractivity contribution in [1.82, 2.24) is 14.9 Å². The van der Waals surface area contributed by atoms with E-state index in [1.807, 2.05) is 24.4 Å². The number of nitrogens with one attached hydrogen (secondary N) is 1. The van der Waals surface area contributed by atoms with Gasteiger partial charge in [-0.25, -0.2) is 4.52 Å². The van der Waals surface area contributed by atoms with Crippen LogP contribution in [0.2, 0.25) is 0 Å². The van der Waals surface area contributed by atoms with Crippen molar-refractivity contribution in [3.8, 4) is 0 Å². The maximum atomic E-state index is 12.0. The highest BCUT2D eigenvalue weighted by molar-refractivity contribution is 6.17. The number of hydrogen-bond donors (Lipinski definition) is 1. The Morgan fingerprint density at radius 1 is 1.56 bits per heavy atom. The van der Waals surface area contributed by atoms with Crippen LogP contribution in [-0.2, 0) is 0 Å². The summed E-state index contributed by atoms with van der Waals surface area (Å²) in [5.74, 6) is 0.916. The number of pyridine rings is 1. The smallest absolute Gasteiger partial charge is 0.255 e. The van der Waals surface area contributed by atoms with Crippen LogP contribution < -0.4 is 5.32 Å². The molecule has 0 bridgehead atoms. The number of carbonyl (C=O) groups excluding carboxylic acids is 1. The molecule has 5 heteroatoms. The fourth-order valence-corrected chi connectivity index (χ4v) is 2.13. The average Bonchev–Trinajstić information content (AvgIpc) is 2.80. The molecule has 2 rings (SSSR count). The number of rotatable bonds is 5. The summed E-state index contributed by atoms with van der Waals surface area (Å²) in [7, 11) is 0. The molecule has 2 heterocycles. The third kappa shape index (κ3) is 2.82. The summed E-state index contributed by atoms with van der Waals surface area (Å²) in [5.41, 5.74) is 1.42. The molecule has 0 saturated heterocycles. The zero-order chi connectivity index (χ0) is 13.0. The standard InChI is InChI=1S/C13H16ClN3O/c1-10(5-6-14)8-15-13(18)11-9-16-17-7-3-2-4-12(11)17/h2-4,7,9-10H,5-6,8H2,1H3,(H,15,18). The Kier molecular flexibility index (Phi) is 4.20. The number of amides is 1. The van der Waals surface area contributed by atoms with E-state index in [-0.39, 0.29) is 5.91 Å². The molecule has 4 nitrogen and oxygen atoms in total. The molecule has 2 aromatic rings. The van der Waals surface area contributed by atoms with E-state index in [9.17, 15) is 4.79 Å². The molecule has 1 unspecified atom stereocenters. The van der Waals surface area contributed by atoms with Crippen molar-refractivity contribution >= 4 is 23.0 Å². The van der Waals surface area contributed by atoms with Gasteiger partial charge < -0.3 is 5.32 Å². The first-order chi connectivity index (χ1) is 8.72. The lowest BCUT2D eigenvalue weighted by molar-refractivity contribution is 0.0949. The van der Waals surface area contributed by atoms with Crippen molar-refractivity contribution in [1.29, 1.82) is 0 Å². The van der Waals surface area contributed by atoms with Crippen LogP contribution in [0.1, 0.15) is 23.7 Å². The average molecular weight is 266 g/mol. The SMILES string of the molecule is CC(CCCl)CNC(=O)c1cnn2ccccc12. The highest BCUT2D eigenvalue weighted by atomic mass is 35.5. The van der Waals surface area contributed by atoms with E-state index in [0.717, 1.165) is 11.9 Å². The van der Waals surface area contributed by atoms with Gasteiger partial charge in [0, 0.05) is 18.6 Å². The largest absolute Gasteiger partial charge is 0.352 e. The van der Waals surface area contributed by atoms with Crippen LogP contribution in [-0.4, -0.2) is 27.9 Å². The quantitative estimate of drug-likeness (QED) is 0.844. The first-order valence-corrected chi connectivity index (χ1v) is 6.52. The number of aromatic nitrogens is 2. The van der Waals surface area contributed by atoms with E-state index in [2.05, 4.69) is 17.3 Å². The minimum atomic E-state index is -0.0855. The van der Waals surface area contributed by atoms with Crippen LogP contribution in [0, 0.1) is 5.92 Å². The van der Waals surface area contributed by atoms with Crippen molar-refractivity contribution in [3.63, 3.8) is 0 Å². The van der Waals surface area contributed by atoms with Gasteiger partial charge >= 0.3 is 0 Å². The fourth-order valence-electron chi connectivity index (χ4n) is 1.76. The normalized spacial score (nSPS) is 12.6. The van der Waals surface area contributed by atoms with Gasteiger partial charge in [-0.05, 0) is 24.5 Å². The lowest BCUT2D eigenvalue weighted by atomic mass is 10.1. The molecule has 0 spiro atoms. The van der Waals surface area contributed by atoms with Gasteiger partial charge in [0.25, 0.3) is 5.91 Å². The van der Waals surface area contributed by atoms with Crippen molar-refractivity contribution in [2.75, 3.05) is 12.4 Å². The van der Waals surface area contributed by atoms with Gasteiger partial charge in [0.05, 0.1) is 17.3 Å². The van der Waals surface area contributed by atoms with Crippen molar-refractivity contribution in [2.24, 2.45) is 5.92 Å². The Labute approximate surface area is 111 Å². The predicted molar refractivity (Wildman–Crippen MR) is 72.0 cm³/mol. The predicted octanol–water partition coefficient (Wildman–Crippen LogP) is 2.33. The van der Waals surface area contributed by atoms with Crippen LogP contribution in [0.5, 0.6) is 0 Å². The monoisotopic (exact) mass is 265 g/mol. The molecule has 0 aromatic carbocycles. The van der Waals surface area contributed by atoms with Gasteiger partial charge in [0.2, 0.25) is 0 Å².